The Hall–Kier alpha value is -4.50. The molecule has 2 saturated heterocycles. The van der Waals surface area contributed by atoms with Gasteiger partial charge in [0.1, 0.15) is 28.5 Å². The summed E-state index contributed by atoms with van der Waals surface area (Å²) < 4.78 is 117. The molecule has 4 aromatic heterocycles. The summed E-state index contributed by atoms with van der Waals surface area (Å²) in [5.41, 5.74) is 5.81. The minimum atomic E-state index is -5.09. The maximum absolute atomic E-state index is 15.1. The number of ether oxygens (including phenoxy) is 1. The standard InChI is InChI=1S/C26H26F6N10O4S/c1-39-9-19(21(38-39)26(30,31)32)47(44,45)41-7-16(27)17(8-41)37-23(43)15-3-13(5-34-24(15)46-2)18-4-14(6-40-10-25(28,29)11-40)20-22(33)35-12-36-42(18)20/h3-5,9,12,16-17H,6-8,10-11H2,1-2H3,(H,37,43)(H2,33,35,36)/t16-,17+/m0/s1. The second-order valence-corrected chi connectivity index (χ2v) is 13.1. The molecule has 47 heavy (non-hydrogen) atoms. The Morgan fingerprint density at radius 1 is 1.19 bits per heavy atom. The Balaban J connectivity index is 1.27. The summed E-state index contributed by atoms with van der Waals surface area (Å²) in [6, 6.07) is 1.54. The first kappa shape index (κ1) is 32.4. The van der Waals surface area contributed by atoms with Crippen molar-refractivity contribution >= 4 is 27.3 Å². The molecule has 1 amide bonds. The van der Waals surface area contributed by atoms with Gasteiger partial charge in [-0.1, -0.05) is 0 Å². The zero-order chi connectivity index (χ0) is 34.1. The molecule has 2 aliphatic heterocycles. The molecular weight excluding hydrogens is 662 g/mol. The third-order valence-electron chi connectivity index (χ3n) is 7.76. The van der Waals surface area contributed by atoms with Gasteiger partial charge in [0.05, 0.1) is 31.9 Å². The van der Waals surface area contributed by atoms with E-state index >= 15 is 4.39 Å². The van der Waals surface area contributed by atoms with Crippen LogP contribution in [-0.2, 0) is 29.8 Å². The quantitative estimate of drug-likeness (QED) is 0.261. The zero-order valence-corrected chi connectivity index (χ0v) is 25.4. The number of nitrogens with two attached hydrogens (primary N) is 1. The fourth-order valence-corrected chi connectivity index (χ4v) is 7.31. The minimum Gasteiger partial charge on any atom is -0.480 e. The van der Waals surface area contributed by atoms with Crippen molar-refractivity contribution in [3.63, 3.8) is 0 Å². The Kier molecular flexibility index (Phi) is 7.82. The number of pyridine rings is 1. The lowest BCUT2D eigenvalue weighted by molar-refractivity contribution is -0.143. The van der Waals surface area contributed by atoms with E-state index in [1.165, 1.54) is 35.1 Å². The summed E-state index contributed by atoms with van der Waals surface area (Å²) in [4.78, 5) is 22.0. The number of methoxy groups -OCH3 is 1. The summed E-state index contributed by atoms with van der Waals surface area (Å²) in [6.45, 7) is -2.27. The van der Waals surface area contributed by atoms with Gasteiger partial charge in [0.25, 0.3) is 11.8 Å². The highest BCUT2D eigenvalue weighted by molar-refractivity contribution is 7.89. The molecule has 0 spiro atoms. The van der Waals surface area contributed by atoms with Gasteiger partial charge in [-0.25, -0.2) is 36.1 Å². The minimum absolute atomic E-state index is 0.0799. The fourth-order valence-electron chi connectivity index (χ4n) is 5.65. The predicted octanol–water partition coefficient (Wildman–Crippen LogP) is 1.73. The molecule has 0 saturated carbocycles. The Labute approximate surface area is 262 Å². The van der Waals surface area contributed by atoms with Crippen LogP contribution >= 0.6 is 0 Å². The highest BCUT2D eigenvalue weighted by Crippen LogP contribution is 2.36. The van der Waals surface area contributed by atoms with Crippen LogP contribution in [0.3, 0.4) is 0 Å². The van der Waals surface area contributed by atoms with Crippen LogP contribution in [-0.4, -0.2) is 104 Å². The number of fused-ring (bicyclic) bond motifs is 1. The van der Waals surface area contributed by atoms with E-state index in [0.717, 1.165) is 7.05 Å². The number of carbonyl (C=O) groups excluding carboxylic acids is 1. The monoisotopic (exact) mass is 688 g/mol. The van der Waals surface area contributed by atoms with Crippen molar-refractivity contribution in [1.29, 1.82) is 0 Å². The number of nitrogens with zero attached hydrogens (tertiary/aromatic N) is 8. The number of nitrogens with one attached hydrogen (secondary N) is 1. The normalized spacial score (nSPS) is 20.4. The van der Waals surface area contributed by atoms with E-state index in [0.29, 0.717) is 37.5 Å². The Bertz CT molecular complexity index is 1970. The molecule has 0 bridgehead atoms. The SMILES string of the molecule is COc1ncc(-c2cc(CN3CC(F)(F)C3)c3c(N)ncnn23)cc1C(=O)N[C@@H]1CN(S(=O)(=O)c2cn(C)nc2C(F)(F)F)C[C@@H]1F. The third-order valence-corrected chi connectivity index (χ3v) is 9.60. The van der Waals surface area contributed by atoms with Crippen molar-refractivity contribution < 1.29 is 44.3 Å². The van der Waals surface area contributed by atoms with Gasteiger partial charge in [-0.2, -0.15) is 27.7 Å². The number of rotatable bonds is 8. The van der Waals surface area contributed by atoms with E-state index in [1.54, 1.807) is 6.07 Å². The maximum Gasteiger partial charge on any atom is 0.436 e. The summed E-state index contributed by atoms with van der Waals surface area (Å²) in [7, 11) is -2.51. The van der Waals surface area contributed by atoms with E-state index in [4.69, 9.17) is 10.5 Å². The molecule has 4 aromatic rings. The van der Waals surface area contributed by atoms with Crippen LogP contribution in [0.4, 0.5) is 32.2 Å². The van der Waals surface area contributed by atoms with E-state index in [1.807, 2.05) is 0 Å². The molecule has 14 nitrogen and oxygen atoms in total. The number of aryl methyl sites for hydroxylation is 1. The van der Waals surface area contributed by atoms with Gasteiger partial charge >= 0.3 is 6.18 Å². The second-order valence-electron chi connectivity index (χ2n) is 11.2. The summed E-state index contributed by atoms with van der Waals surface area (Å²) in [5, 5.41) is 9.81. The van der Waals surface area contributed by atoms with Crippen molar-refractivity contribution in [3.8, 4) is 17.1 Å². The smallest absolute Gasteiger partial charge is 0.436 e. The van der Waals surface area contributed by atoms with Gasteiger partial charge in [-0.05, 0) is 17.7 Å². The number of aromatic nitrogens is 6. The van der Waals surface area contributed by atoms with Crippen molar-refractivity contribution in [1.82, 2.24) is 43.9 Å². The number of carbonyl (C=O) groups is 1. The van der Waals surface area contributed by atoms with Crippen LogP contribution in [0.15, 0.2) is 35.7 Å². The number of sulfonamides is 1. The van der Waals surface area contributed by atoms with E-state index < -0.39 is 77.0 Å². The van der Waals surface area contributed by atoms with Gasteiger partial charge in [-0.15, -0.1) is 0 Å². The highest BCUT2D eigenvalue weighted by Gasteiger charge is 2.47. The number of halogens is 6. The topological polar surface area (TPSA) is 166 Å². The number of anilines is 1. The molecule has 0 radical (unpaired) electrons. The lowest BCUT2D eigenvalue weighted by atomic mass is 10.1. The lowest BCUT2D eigenvalue weighted by Crippen LogP contribution is -2.55. The lowest BCUT2D eigenvalue weighted by Gasteiger charge is -2.38. The molecule has 6 heterocycles. The van der Waals surface area contributed by atoms with Gasteiger partial charge in [-0.3, -0.25) is 14.4 Å². The molecule has 21 heteroatoms. The molecule has 2 aliphatic rings. The number of alkyl halides is 6. The molecular formula is C26H26F6N10O4S. The number of amides is 1. The fraction of sp³-hybridized carbons (Fsp3) is 0.423. The van der Waals surface area contributed by atoms with Gasteiger partial charge in [0, 0.05) is 44.6 Å². The van der Waals surface area contributed by atoms with Crippen LogP contribution in [0, 0.1) is 0 Å². The Morgan fingerprint density at radius 3 is 2.57 bits per heavy atom. The molecule has 3 N–H and O–H groups in total. The Morgan fingerprint density at radius 2 is 1.91 bits per heavy atom. The first-order chi connectivity index (χ1) is 22.0. The van der Waals surface area contributed by atoms with E-state index in [9.17, 15) is 35.2 Å². The van der Waals surface area contributed by atoms with Gasteiger partial charge in [0.15, 0.2) is 11.5 Å². The van der Waals surface area contributed by atoms with Crippen molar-refractivity contribution in [2.75, 3.05) is 39.0 Å². The summed E-state index contributed by atoms with van der Waals surface area (Å²) >= 11 is 0. The first-order valence-corrected chi connectivity index (χ1v) is 15.2. The van der Waals surface area contributed by atoms with Crippen LogP contribution in [0.1, 0.15) is 21.6 Å². The number of nitrogen functional groups attached to an aromatic ring is 1. The molecule has 2 atom stereocenters. The average molecular weight is 689 g/mol. The van der Waals surface area contributed by atoms with E-state index in [-0.39, 0.29) is 23.8 Å². The number of likely N-dealkylation sites (tertiary alicyclic amines) is 1. The summed E-state index contributed by atoms with van der Waals surface area (Å²) in [6.07, 6.45) is -3.86. The molecule has 0 aliphatic carbocycles. The van der Waals surface area contributed by atoms with Crippen molar-refractivity contribution in [2.45, 2.75) is 35.8 Å². The maximum atomic E-state index is 15.1. The molecule has 6 rings (SSSR count). The number of hydrogen-bond donors (Lipinski definition) is 2. The predicted molar refractivity (Wildman–Crippen MR) is 151 cm³/mol. The highest BCUT2D eigenvalue weighted by atomic mass is 32.2. The first-order valence-electron chi connectivity index (χ1n) is 13.8. The van der Waals surface area contributed by atoms with Crippen LogP contribution in [0.25, 0.3) is 16.8 Å². The molecule has 252 valence electrons. The van der Waals surface area contributed by atoms with Crippen LogP contribution < -0.4 is 15.8 Å². The van der Waals surface area contributed by atoms with Crippen LogP contribution in [0.2, 0.25) is 0 Å². The van der Waals surface area contributed by atoms with Gasteiger partial charge < -0.3 is 15.8 Å². The van der Waals surface area contributed by atoms with Crippen molar-refractivity contribution in [2.24, 2.45) is 7.05 Å². The molecule has 0 unspecified atom stereocenters. The second kappa shape index (κ2) is 11.3. The third kappa shape index (κ3) is 5.93. The average Bonchev–Trinajstić information content (AvgIpc) is 3.68. The molecule has 2 fully saturated rings. The van der Waals surface area contributed by atoms with Crippen LogP contribution in [0.5, 0.6) is 5.88 Å². The zero-order valence-electron chi connectivity index (χ0n) is 24.5. The molecule has 0 aromatic carbocycles. The van der Waals surface area contributed by atoms with Crippen molar-refractivity contribution in [3.05, 3.63) is 47.7 Å². The van der Waals surface area contributed by atoms with E-state index in [2.05, 4.69) is 25.5 Å². The largest absolute Gasteiger partial charge is 0.480 e. The summed E-state index contributed by atoms with van der Waals surface area (Å²) in [5.74, 6) is -3.81. The van der Waals surface area contributed by atoms with Gasteiger partial charge in [0.2, 0.25) is 15.9 Å². The number of hydrogen-bond acceptors (Lipinski definition) is 10.